The van der Waals surface area contributed by atoms with Gasteiger partial charge in [0.2, 0.25) is 12.0 Å². The first kappa shape index (κ1) is 19.9. The van der Waals surface area contributed by atoms with E-state index in [2.05, 4.69) is 5.32 Å². The smallest absolute Gasteiger partial charge is 0.268 e. The summed E-state index contributed by atoms with van der Waals surface area (Å²) in [5, 5.41) is 3.06. The molecule has 2 aromatic carbocycles. The summed E-state index contributed by atoms with van der Waals surface area (Å²) in [6.07, 6.45) is 2.41. The molecule has 0 aromatic heterocycles. The molecule has 5 heteroatoms. The van der Waals surface area contributed by atoms with E-state index in [9.17, 15) is 9.59 Å². The predicted octanol–water partition coefficient (Wildman–Crippen LogP) is 3.71. The highest BCUT2D eigenvalue weighted by atomic mass is 16.5. The SMILES string of the molecule is CCCC(=O)NC1CCCN(C(=O)C(Oc2ccccc2)c2ccccc2)C1. The number of benzene rings is 2. The molecule has 1 N–H and O–H groups in total. The molecule has 0 aliphatic carbocycles. The zero-order chi connectivity index (χ0) is 19.8. The Kier molecular flexibility index (Phi) is 7.06. The van der Waals surface area contributed by atoms with E-state index in [4.69, 9.17) is 4.74 Å². The number of carbonyl (C=O) groups is 2. The number of nitrogens with one attached hydrogen (secondary N) is 1. The molecule has 2 atom stereocenters. The van der Waals surface area contributed by atoms with Gasteiger partial charge in [0, 0.05) is 31.1 Å². The Morgan fingerprint density at radius 2 is 1.79 bits per heavy atom. The van der Waals surface area contributed by atoms with Gasteiger partial charge in [-0.25, -0.2) is 0 Å². The van der Waals surface area contributed by atoms with E-state index in [1.165, 1.54) is 0 Å². The molecule has 0 bridgehead atoms. The van der Waals surface area contributed by atoms with Crippen molar-refractivity contribution in [2.75, 3.05) is 13.1 Å². The standard InChI is InChI=1S/C23H28N2O3/c1-2-10-21(26)24-19-13-9-16-25(17-19)23(27)22(18-11-5-3-6-12-18)28-20-14-7-4-8-15-20/h3-8,11-12,14-15,19,22H,2,9-10,13,16-17H2,1H3,(H,24,26). The van der Waals surface area contributed by atoms with Crippen LogP contribution in [0.25, 0.3) is 0 Å². The fraction of sp³-hybridized carbons (Fsp3) is 0.391. The predicted molar refractivity (Wildman–Crippen MR) is 109 cm³/mol. The Bertz CT molecular complexity index is 764. The number of ether oxygens (including phenoxy) is 1. The van der Waals surface area contributed by atoms with Crippen LogP contribution in [0.1, 0.15) is 44.3 Å². The van der Waals surface area contributed by atoms with Gasteiger partial charge in [0.05, 0.1) is 0 Å². The second-order valence-electron chi connectivity index (χ2n) is 7.16. The van der Waals surface area contributed by atoms with Gasteiger partial charge >= 0.3 is 0 Å². The third-order valence-electron chi connectivity index (χ3n) is 4.90. The monoisotopic (exact) mass is 380 g/mol. The molecule has 2 amide bonds. The average Bonchev–Trinajstić information content (AvgIpc) is 2.73. The average molecular weight is 380 g/mol. The largest absolute Gasteiger partial charge is 0.476 e. The van der Waals surface area contributed by atoms with Gasteiger partial charge in [-0.2, -0.15) is 0 Å². The minimum atomic E-state index is -0.700. The molecule has 28 heavy (non-hydrogen) atoms. The topological polar surface area (TPSA) is 58.6 Å². The van der Waals surface area contributed by atoms with Crippen LogP contribution in [0.4, 0.5) is 0 Å². The zero-order valence-corrected chi connectivity index (χ0v) is 16.3. The molecule has 1 saturated heterocycles. The van der Waals surface area contributed by atoms with Crippen molar-refractivity contribution in [1.29, 1.82) is 0 Å². The van der Waals surface area contributed by atoms with Gasteiger partial charge < -0.3 is 15.0 Å². The van der Waals surface area contributed by atoms with E-state index in [-0.39, 0.29) is 17.9 Å². The van der Waals surface area contributed by atoms with Crippen molar-refractivity contribution in [3.8, 4) is 5.75 Å². The van der Waals surface area contributed by atoms with E-state index in [0.717, 1.165) is 24.8 Å². The Balaban J connectivity index is 1.74. The first-order valence-electron chi connectivity index (χ1n) is 10.0. The van der Waals surface area contributed by atoms with Gasteiger partial charge in [0.1, 0.15) is 5.75 Å². The molecule has 1 aliphatic rings. The molecule has 1 heterocycles. The lowest BCUT2D eigenvalue weighted by Gasteiger charge is -2.35. The highest BCUT2D eigenvalue weighted by Gasteiger charge is 2.31. The lowest BCUT2D eigenvalue weighted by Crippen LogP contribution is -2.51. The summed E-state index contributed by atoms with van der Waals surface area (Å²) in [6.45, 7) is 3.19. The maximum absolute atomic E-state index is 13.3. The van der Waals surface area contributed by atoms with Crippen LogP contribution in [0.15, 0.2) is 60.7 Å². The third-order valence-corrected chi connectivity index (χ3v) is 4.90. The number of hydrogen-bond donors (Lipinski definition) is 1. The van der Waals surface area contributed by atoms with Crippen molar-refractivity contribution in [2.45, 2.75) is 44.8 Å². The lowest BCUT2D eigenvalue weighted by molar-refractivity contribution is -0.141. The summed E-state index contributed by atoms with van der Waals surface area (Å²) in [5.41, 5.74) is 0.827. The first-order valence-corrected chi connectivity index (χ1v) is 10.0. The highest BCUT2D eigenvalue weighted by molar-refractivity contribution is 5.83. The van der Waals surface area contributed by atoms with Gasteiger partial charge in [-0.1, -0.05) is 55.5 Å². The molecule has 3 rings (SSSR count). The maximum atomic E-state index is 13.3. The van der Waals surface area contributed by atoms with Crippen LogP contribution < -0.4 is 10.1 Å². The zero-order valence-electron chi connectivity index (χ0n) is 16.3. The fourth-order valence-corrected chi connectivity index (χ4v) is 3.51. The van der Waals surface area contributed by atoms with Crippen molar-refractivity contribution in [1.82, 2.24) is 10.2 Å². The molecule has 0 spiro atoms. The van der Waals surface area contributed by atoms with Crippen LogP contribution >= 0.6 is 0 Å². The van der Waals surface area contributed by atoms with Crippen LogP contribution in [0.2, 0.25) is 0 Å². The molecular weight excluding hydrogens is 352 g/mol. The Morgan fingerprint density at radius 1 is 1.11 bits per heavy atom. The number of carbonyl (C=O) groups excluding carboxylic acids is 2. The van der Waals surface area contributed by atoms with Crippen LogP contribution in [0.3, 0.4) is 0 Å². The number of rotatable bonds is 7. The van der Waals surface area contributed by atoms with E-state index >= 15 is 0 Å². The lowest BCUT2D eigenvalue weighted by atomic mass is 10.0. The van der Waals surface area contributed by atoms with Gasteiger partial charge in [0.25, 0.3) is 5.91 Å². The number of piperidine rings is 1. The molecule has 0 saturated carbocycles. The van der Waals surface area contributed by atoms with Crippen molar-refractivity contribution >= 4 is 11.8 Å². The Morgan fingerprint density at radius 3 is 2.46 bits per heavy atom. The number of hydrogen-bond acceptors (Lipinski definition) is 3. The van der Waals surface area contributed by atoms with Crippen LogP contribution in [-0.4, -0.2) is 35.8 Å². The first-order chi connectivity index (χ1) is 13.7. The molecule has 2 unspecified atom stereocenters. The minimum Gasteiger partial charge on any atom is -0.476 e. The quantitative estimate of drug-likeness (QED) is 0.797. The second-order valence-corrected chi connectivity index (χ2v) is 7.16. The third kappa shape index (κ3) is 5.35. The molecule has 0 radical (unpaired) electrons. The number of nitrogens with zero attached hydrogens (tertiary/aromatic N) is 1. The summed E-state index contributed by atoms with van der Waals surface area (Å²) in [7, 11) is 0. The molecule has 148 valence electrons. The number of amides is 2. The van der Waals surface area contributed by atoms with Crippen molar-refractivity contribution < 1.29 is 14.3 Å². The Labute approximate surface area is 166 Å². The summed E-state index contributed by atoms with van der Waals surface area (Å²) < 4.78 is 6.09. The molecule has 1 aliphatic heterocycles. The molecule has 5 nitrogen and oxygen atoms in total. The van der Waals surface area contributed by atoms with Gasteiger partial charge in [-0.05, 0) is 31.4 Å². The van der Waals surface area contributed by atoms with E-state index < -0.39 is 6.10 Å². The van der Waals surface area contributed by atoms with Gasteiger partial charge in [-0.3, -0.25) is 9.59 Å². The van der Waals surface area contributed by atoms with E-state index in [0.29, 0.717) is 25.3 Å². The normalized spacial score (nSPS) is 17.6. The van der Waals surface area contributed by atoms with E-state index in [1.807, 2.05) is 72.5 Å². The molecule has 2 aromatic rings. The summed E-state index contributed by atoms with van der Waals surface area (Å²) in [5.74, 6) is 0.654. The summed E-state index contributed by atoms with van der Waals surface area (Å²) in [6, 6.07) is 19.0. The Hall–Kier alpha value is -2.82. The van der Waals surface area contributed by atoms with Crippen LogP contribution in [0.5, 0.6) is 5.75 Å². The van der Waals surface area contributed by atoms with Crippen LogP contribution in [0, 0.1) is 0 Å². The van der Waals surface area contributed by atoms with Crippen LogP contribution in [-0.2, 0) is 9.59 Å². The summed E-state index contributed by atoms with van der Waals surface area (Å²) >= 11 is 0. The minimum absolute atomic E-state index is 0.00454. The maximum Gasteiger partial charge on any atom is 0.268 e. The molecule has 1 fully saturated rings. The molecular formula is C23H28N2O3. The highest BCUT2D eigenvalue weighted by Crippen LogP contribution is 2.25. The van der Waals surface area contributed by atoms with Gasteiger partial charge in [-0.15, -0.1) is 0 Å². The number of likely N-dealkylation sites (tertiary alicyclic amines) is 1. The number of para-hydroxylation sites is 1. The van der Waals surface area contributed by atoms with Crippen molar-refractivity contribution in [3.05, 3.63) is 66.2 Å². The summed E-state index contributed by atoms with van der Waals surface area (Å²) in [4.78, 5) is 27.1. The second kappa shape index (κ2) is 9.93. The van der Waals surface area contributed by atoms with Gasteiger partial charge in [0.15, 0.2) is 0 Å². The van der Waals surface area contributed by atoms with E-state index in [1.54, 1.807) is 0 Å². The van der Waals surface area contributed by atoms with Crippen molar-refractivity contribution in [2.24, 2.45) is 0 Å². The fourth-order valence-electron chi connectivity index (χ4n) is 3.51. The van der Waals surface area contributed by atoms with Crippen molar-refractivity contribution in [3.63, 3.8) is 0 Å².